The molecule has 0 amide bonds. The van der Waals surface area contributed by atoms with E-state index in [4.69, 9.17) is 11.6 Å². The number of allylic oxidation sites excluding steroid dienone is 6. The van der Waals surface area contributed by atoms with Gasteiger partial charge in [0, 0.05) is 12.6 Å². The molecule has 2 rings (SSSR count). The maximum atomic E-state index is 14.5. The van der Waals surface area contributed by atoms with Crippen molar-refractivity contribution in [1.82, 2.24) is 0 Å². The Balaban J connectivity index is 2.43. The molecule has 1 aromatic rings. The molecule has 0 N–H and O–H groups in total. The Labute approximate surface area is 150 Å². The average Bonchev–Trinajstić information content (AvgIpc) is 2.57. The fraction of sp³-hybridized carbons (Fsp3) is 0.429. The summed E-state index contributed by atoms with van der Waals surface area (Å²) >= 11 is 6.57. The van der Waals surface area contributed by atoms with Gasteiger partial charge in [-0.3, -0.25) is 0 Å². The van der Waals surface area contributed by atoms with Gasteiger partial charge in [-0.05, 0) is 82.4 Å². The standard InChI is InChI=1S/C21H27ClFN/c1-6-15(4)9-10-20(23)16(5)18-12-17-8-7-11-24(14(2)3)21(17)19(22)13-18/h6,9-10,12-14H,7-8,11H2,1-5H3/b10-9+,15-6+,20-16+. The van der Waals surface area contributed by atoms with Crippen LogP contribution in [0, 0.1) is 0 Å². The van der Waals surface area contributed by atoms with Crippen molar-refractivity contribution in [2.45, 2.75) is 53.5 Å². The fourth-order valence-corrected chi connectivity index (χ4v) is 3.36. The Bertz CT molecular complexity index is 698. The van der Waals surface area contributed by atoms with Crippen LogP contribution in [0.25, 0.3) is 5.57 Å². The second-order valence-corrected chi connectivity index (χ2v) is 7.10. The van der Waals surface area contributed by atoms with Crippen molar-refractivity contribution in [3.63, 3.8) is 0 Å². The molecule has 0 saturated carbocycles. The Morgan fingerprint density at radius 2 is 1.96 bits per heavy atom. The predicted molar refractivity (Wildman–Crippen MR) is 105 cm³/mol. The van der Waals surface area contributed by atoms with E-state index in [2.05, 4.69) is 24.8 Å². The summed E-state index contributed by atoms with van der Waals surface area (Å²) in [4.78, 5) is 2.34. The molecule has 0 bridgehead atoms. The molecule has 0 aliphatic carbocycles. The minimum atomic E-state index is -0.219. The highest BCUT2D eigenvalue weighted by atomic mass is 35.5. The highest BCUT2D eigenvalue weighted by Gasteiger charge is 2.23. The summed E-state index contributed by atoms with van der Waals surface area (Å²) in [7, 11) is 0. The van der Waals surface area contributed by atoms with Crippen LogP contribution in [-0.4, -0.2) is 12.6 Å². The predicted octanol–water partition coefficient (Wildman–Crippen LogP) is 6.72. The lowest BCUT2D eigenvalue weighted by molar-refractivity contribution is 0.625. The first-order valence-corrected chi connectivity index (χ1v) is 8.99. The third-order valence-electron chi connectivity index (χ3n) is 4.64. The second kappa shape index (κ2) is 8.02. The third kappa shape index (κ3) is 4.10. The zero-order chi connectivity index (χ0) is 17.9. The monoisotopic (exact) mass is 347 g/mol. The number of fused-ring (bicyclic) bond motifs is 1. The van der Waals surface area contributed by atoms with E-state index in [-0.39, 0.29) is 5.83 Å². The van der Waals surface area contributed by atoms with Crippen molar-refractivity contribution in [2.75, 3.05) is 11.4 Å². The van der Waals surface area contributed by atoms with Crippen LogP contribution in [0.3, 0.4) is 0 Å². The lowest BCUT2D eigenvalue weighted by Gasteiger charge is -2.35. The molecule has 0 aromatic heterocycles. The van der Waals surface area contributed by atoms with Crippen LogP contribution < -0.4 is 4.90 Å². The van der Waals surface area contributed by atoms with E-state index in [1.54, 1.807) is 6.08 Å². The SMILES string of the molecule is C/C=C(C)/C=C/C(F)=C(/C)c1cc(Cl)c2c(c1)CCCN2C(C)C. The number of aryl methyl sites for hydroxylation is 1. The van der Waals surface area contributed by atoms with Crippen LogP contribution in [-0.2, 0) is 6.42 Å². The average molecular weight is 348 g/mol. The molecule has 0 radical (unpaired) electrons. The van der Waals surface area contributed by atoms with Crippen LogP contribution in [0.5, 0.6) is 0 Å². The summed E-state index contributed by atoms with van der Waals surface area (Å²) in [5, 5.41) is 0.719. The maximum absolute atomic E-state index is 14.5. The van der Waals surface area contributed by atoms with E-state index in [9.17, 15) is 4.39 Å². The number of hydrogen-bond donors (Lipinski definition) is 0. The van der Waals surface area contributed by atoms with E-state index >= 15 is 0 Å². The van der Waals surface area contributed by atoms with Gasteiger partial charge in [-0.15, -0.1) is 0 Å². The zero-order valence-electron chi connectivity index (χ0n) is 15.3. The van der Waals surface area contributed by atoms with Gasteiger partial charge in [-0.2, -0.15) is 0 Å². The van der Waals surface area contributed by atoms with E-state index in [1.165, 1.54) is 11.6 Å². The molecular weight excluding hydrogens is 321 g/mol. The molecule has 0 atom stereocenters. The molecule has 1 aliphatic heterocycles. The van der Waals surface area contributed by atoms with E-state index in [1.807, 2.05) is 32.9 Å². The van der Waals surface area contributed by atoms with Crippen molar-refractivity contribution in [3.05, 3.63) is 57.9 Å². The number of benzene rings is 1. The highest BCUT2D eigenvalue weighted by molar-refractivity contribution is 6.33. The largest absolute Gasteiger partial charge is 0.368 e. The van der Waals surface area contributed by atoms with Gasteiger partial charge in [0.2, 0.25) is 0 Å². The van der Waals surface area contributed by atoms with Gasteiger partial charge in [0.25, 0.3) is 0 Å². The first-order chi connectivity index (χ1) is 11.3. The fourth-order valence-electron chi connectivity index (χ4n) is 3.02. The molecule has 1 aromatic carbocycles. The number of nitrogens with zero attached hydrogens (tertiary/aromatic N) is 1. The van der Waals surface area contributed by atoms with Crippen LogP contribution >= 0.6 is 11.6 Å². The van der Waals surface area contributed by atoms with Crippen LogP contribution in [0.4, 0.5) is 10.1 Å². The third-order valence-corrected chi connectivity index (χ3v) is 4.93. The maximum Gasteiger partial charge on any atom is 0.126 e. The highest BCUT2D eigenvalue weighted by Crippen LogP contribution is 2.38. The summed E-state index contributed by atoms with van der Waals surface area (Å²) < 4.78 is 14.5. The van der Waals surface area contributed by atoms with Gasteiger partial charge < -0.3 is 4.90 Å². The van der Waals surface area contributed by atoms with E-state index < -0.39 is 0 Å². The topological polar surface area (TPSA) is 3.24 Å². The van der Waals surface area contributed by atoms with Crippen molar-refractivity contribution in [2.24, 2.45) is 0 Å². The van der Waals surface area contributed by atoms with E-state index in [0.29, 0.717) is 11.6 Å². The first kappa shape index (κ1) is 18.8. The number of hydrogen-bond acceptors (Lipinski definition) is 1. The van der Waals surface area contributed by atoms with E-state index in [0.717, 1.165) is 41.2 Å². The van der Waals surface area contributed by atoms with Gasteiger partial charge in [-0.1, -0.05) is 29.3 Å². The summed E-state index contributed by atoms with van der Waals surface area (Å²) in [6.45, 7) is 11.1. The van der Waals surface area contributed by atoms with Crippen LogP contribution in [0.1, 0.15) is 52.2 Å². The van der Waals surface area contributed by atoms with Gasteiger partial charge in [-0.25, -0.2) is 4.39 Å². The Morgan fingerprint density at radius 1 is 1.25 bits per heavy atom. The minimum Gasteiger partial charge on any atom is -0.368 e. The molecular formula is C21H27ClFN. The normalized spacial score (nSPS) is 16.7. The molecule has 0 fully saturated rings. The van der Waals surface area contributed by atoms with Crippen molar-refractivity contribution < 1.29 is 4.39 Å². The lowest BCUT2D eigenvalue weighted by Crippen LogP contribution is -2.35. The van der Waals surface area contributed by atoms with Gasteiger partial charge in [0.1, 0.15) is 5.83 Å². The molecule has 1 aliphatic rings. The molecule has 0 spiro atoms. The number of anilines is 1. The van der Waals surface area contributed by atoms with Gasteiger partial charge in [0.15, 0.2) is 0 Å². The lowest BCUT2D eigenvalue weighted by atomic mass is 9.95. The second-order valence-electron chi connectivity index (χ2n) is 6.70. The molecule has 130 valence electrons. The van der Waals surface area contributed by atoms with Crippen molar-refractivity contribution in [1.29, 1.82) is 0 Å². The van der Waals surface area contributed by atoms with Crippen LogP contribution in [0.2, 0.25) is 5.02 Å². The smallest absolute Gasteiger partial charge is 0.126 e. The minimum absolute atomic E-state index is 0.219. The van der Waals surface area contributed by atoms with Gasteiger partial charge >= 0.3 is 0 Å². The first-order valence-electron chi connectivity index (χ1n) is 8.62. The molecule has 3 heteroatoms. The molecule has 0 unspecified atom stereocenters. The Morgan fingerprint density at radius 3 is 2.58 bits per heavy atom. The summed E-state index contributed by atoms with van der Waals surface area (Å²) in [6.07, 6.45) is 7.37. The Hall–Kier alpha value is -1.54. The molecule has 1 heterocycles. The summed E-state index contributed by atoms with van der Waals surface area (Å²) in [5.74, 6) is -0.219. The molecule has 24 heavy (non-hydrogen) atoms. The van der Waals surface area contributed by atoms with Gasteiger partial charge in [0.05, 0.1) is 10.7 Å². The number of rotatable bonds is 4. The number of halogens is 2. The van der Waals surface area contributed by atoms with Crippen molar-refractivity contribution in [3.8, 4) is 0 Å². The molecule has 0 saturated heterocycles. The quantitative estimate of drug-likeness (QED) is 0.546. The van der Waals surface area contributed by atoms with Crippen LogP contribution in [0.15, 0.2) is 41.8 Å². The molecule has 1 nitrogen and oxygen atoms in total. The summed E-state index contributed by atoms with van der Waals surface area (Å²) in [6, 6.07) is 4.40. The zero-order valence-corrected chi connectivity index (χ0v) is 16.0. The summed E-state index contributed by atoms with van der Waals surface area (Å²) in [5.41, 5.74) is 4.87. The van der Waals surface area contributed by atoms with Crippen molar-refractivity contribution >= 4 is 22.9 Å². The Kier molecular flexibility index (Phi) is 6.28.